The van der Waals surface area contributed by atoms with Crippen molar-refractivity contribution in [3.8, 4) is 0 Å². The van der Waals surface area contributed by atoms with Crippen LogP contribution in [0.1, 0.15) is 42.3 Å². The van der Waals surface area contributed by atoms with E-state index >= 15 is 0 Å². The number of aromatic nitrogens is 1. The van der Waals surface area contributed by atoms with Crippen LogP contribution in [0.2, 0.25) is 0 Å². The van der Waals surface area contributed by atoms with Crippen LogP contribution in [0.5, 0.6) is 0 Å². The Morgan fingerprint density at radius 2 is 1.81 bits per heavy atom. The van der Waals surface area contributed by atoms with Crippen LogP contribution >= 0.6 is 23.1 Å². The van der Waals surface area contributed by atoms with E-state index in [0.29, 0.717) is 37.8 Å². The molecule has 0 unspecified atom stereocenters. The summed E-state index contributed by atoms with van der Waals surface area (Å²) in [5.41, 5.74) is 3.87. The lowest BCUT2D eigenvalue weighted by Gasteiger charge is -2.26. The third-order valence-electron chi connectivity index (χ3n) is 7.71. The molecule has 2 atom stereocenters. The van der Waals surface area contributed by atoms with Crippen molar-refractivity contribution in [1.82, 2.24) is 20.5 Å². The van der Waals surface area contributed by atoms with Crippen molar-refractivity contribution in [2.24, 2.45) is 5.92 Å². The minimum absolute atomic E-state index is 0.0448. The van der Waals surface area contributed by atoms with Gasteiger partial charge in [-0.1, -0.05) is 49.9 Å². The van der Waals surface area contributed by atoms with Gasteiger partial charge in [-0.25, -0.2) is 4.98 Å². The van der Waals surface area contributed by atoms with Crippen molar-refractivity contribution in [2.45, 2.75) is 51.5 Å². The first-order valence-electron chi connectivity index (χ1n) is 14.8. The van der Waals surface area contributed by atoms with E-state index in [1.807, 2.05) is 48.2 Å². The maximum Gasteiger partial charge on any atom is 0.224 e. The Bertz CT molecular complexity index is 1370. The SMILES string of the molecule is C=C(CN1CCSCC1)C(=O)CC[C@H](Cc1ccccc1)NC(=O)[C@@H](CC(=O)NC)Cc1nc2ccc(CC)cc2s1. The molecule has 1 saturated heterocycles. The van der Waals surface area contributed by atoms with Crippen LogP contribution in [-0.4, -0.2) is 71.7 Å². The average Bonchev–Trinajstić information content (AvgIpc) is 3.41. The number of hydrogen-bond donors (Lipinski definition) is 2. The maximum atomic E-state index is 13.7. The summed E-state index contributed by atoms with van der Waals surface area (Å²) < 4.78 is 1.09. The first kappa shape index (κ1) is 31.9. The number of nitrogens with zero attached hydrogens (tertiary/aromatic N) is 2. The summed E-state index contributed by atoms with van der Waals surface area (Å²) in [5.74, 6) is 1.26. The van der Waals surface area contributed by atoms with Crippen LogP contribution in [0.25, 0.3) is 10.2 Å². The number of hydrogen-bond acceptors (Lipinski definition) is 7. The molecule has 0 saturated carbocycles. The molecule has 2 N–H and O–H groups in total. The summed E-state index contributed by atoms with van der Waals surface area (Å²) in [7, 11) is 1.58. The summed E-state index contributed by atoms with van der Waals surface area (Å²) in [4.78, 5) is 46.3. The molecule has 1 aromatic heterocycles. The molecule has 0 bridgehead atoms. The molecule has 1 fully saturated rings. The summed E-state index contributed by atoms with van der Waals surface area (Å²) in [5, 5.41) is 6.70. The molecule has 0 aliphatic carbocycles. The molecule has 4 rings (SSSR count). The lowest BCUT2D eigenvalue weighted by molar-refractivity contribution is -0.130. The number of carbonyl (C=O) groups is 3. The number of nitrogens with one attached hydrogen (secondary N) is 2. The molecule has 2 aromatic carbocycles. The summed E-state index contributed by atoms with van der Waals surface area (Å²) in [6.45, 7) is 8.76. The van der Waals surface area contributed by atoms with Crippen molar-refractivity contribution in [3.63, 3.8) is 0 Å². The number of Topliss-reactive ketones (excluding diaryl/α,β-unsaturated/α-hetero) is 1. The largest absolute Gasteiger partial charge is 0.359 e. The first-order chi connectivity index (χ1) is 20.3. The Balaban J connectivity index is 1.45. The quantitative estimate of drug-likeness (QED) is 0.241. The van der Waals surface area contributed by atoms with Gasteiger partial charge in [-0.3, -0.25) is 19.3 Å². The van der Waals surface area contributed by atoms with Gasteiger partial charge in [-0.05, 0) is 42.5 Å². The number of ketones is 1. The molecule has 9 heteroatoms. The molecule has 224 valence electrons. The lowest BCUT2D eigenvalue weighted by Crippen LogP contribution is -2.42. The van der Waals surface area contributed by atoms with Crippen molar-refractivity contribution >= 4 is 50.9 Å². The van der Waals surface area contributed by atoms with Gasteiger partial charge < -0.3 is 10.6 Å². The van der Waals surface area contributed by atoms with Gasteiger partial charge >= 0.3 is 0 Å². The predicted molar refractivity (Wildman–Crippen MR) is 174 cm³/mol. The number of thioether (sulfide) groups is 1. The van der Waals surface area contributed by atoms with Crippen molar-refractivity contribution in [3.05, 3.63) is 76.8 Å². The molecule has 7 nitrogen and oxygen atoms in total. The minimum atomic E-state index is -0.572. The Kier molecular flexibility index (Phi) is 12.2. The van der Waals surface area contributed by atoms with Crippen LogP contribution < -0.4 is 10.6 Å². The number of thiazole rings is 1. The smallest absolute Gasteiger partial charge is 0.224 e. The number of rotatable bonds is 15. The van der Waals surface area contributed by atoms with Gasteiger partial charge in [0.15, 0.2) is 5.78 Å². The fourth-order valence-electron chi connectivity index (χ4n) is 5.16. The van der Waals surface area contributed by atoms with Crippen molar-refractivity contribution < 1.29 is 14.4 Å². The zero-order valence-electron chi connectivity index (χ0n) is 24.7. The summed E-state index contributed by atoms with van der Waals surface area (Å²) >= 11 is 3.52. The second-order valence-electron chi connectivity index (χ2n) is 10.9. The van der Waals surface area contributed by atoms with Gasteiger partial charge in [-0.15, -0.1) is 11.3 Å². The maximum absolute atomic E-state index is 13.7. The Morgan fingerprint density at radius 1 is 1.05 bits per heavy atom. The molecule has 2 amide bonds. The van der Waals surface area contributed by atoms with Gasteiger partial charge in [0.25, 0.3) is 0 Å². The second kappa shape index (κ2) is 16.0. The number of amides is 2. The highest BCUT2D eigenvalue weighted by molar-refractivity contribution is 7.99. The van der Waals surface area contributed by atoms with Gasteiger partial charge in [-0.2, -0.15) is 11.8 Å². The van der Waals surface area contributed by atoms with E-state index in [1.54, 1.807) is 18.4 Å². The number of benzene rings is 2. The summed E-state index contributed by atoms with van der Waals surface area (Å²) in [6, 6.07) is 16.0. The normalized spacial score (nSPS) is 15.2. The molecule has 2 heterocycles. The van der Waals surface area contributed by atoms with E-state index < -0.39 is 5.92 Å². The van der Waals surface area contributed by atoms with Gasteiger partial charge in [0.1, 0.15) is 0 Å². The molecule has 1 aliphatic rings. The first-order valence-corrected chi connectivity index (χ1v) is 16.8. The van der Waals surface area contributed by atoms with Crippen LogP contribution in [0.3, 0.4) is 0 Å². The second-order valence-corrected chi connectivity index (χ2v) is 13.2. The van der Waals surface area contributed by atoms with Gasteiger partial charge in [0.05, 0.1) is 21.1 Å². The Labute approximate surface area is 257 Å². The van der Waals surface area contributed by atoms with E-state index in [-0.39, 0.29) is 30.1 Å². The van der Waals surface area contributed by atoms with Gasteiger partial charge in [0.2, 0.25) is 11.8 Å². The highest BCUT2D eigenvalue weighted by Crippen LogP contribution is 2.26. The molecule has 3 aromatic rings. The Hall–Kier alpha value is -3.01. The molecule has 0 spiro atoms. The third kappa shape index (κ3) is 9.51. The van der Waals surface area contributed by atoms with Crippen LogP contribution in [0, 0.1) is 5.92 Å². The molecule has 1 aliphatic heterocycles. The highest BCUT2D eigenvalue weighted by Gasteiger charge is 2.26. The minimum Gasteiger partial charge on any atom is -0.359 e. The fourth-order valence-corrected chi connectivity index (χ4v) is 7.25. The topological polar surface area (TPSA) is 91.4 Å². The van der Waals surface area contributed by atoms with Crippen LogP contribution in [-0.2, 0) is 33.6 Å². The average molecular weight is 607 g/mol. The lowest BCUT2D eigenvalue weighted by atomic mass is 9.95. The number of aryl methyl sites for hydroxylation is 1. The molecular weight excluding hydrogens is 565 g/mol. The molecule has 0 radical (unpaired) electrons. The van der Waals surface area contributed by atoms with Gasteiger partial charge in [0, 0.05) is 69.1 Å². The zero-order chi connectivity index (χ0) is 29.9. The van der Waals surface area contributed by atoms with Crippen LogP contribution in [0.15, 0.2) is 60.7 Å². The fraction of sp³-hybridized carbons (Fsp3) is 0.455. The standard InChI is InChI=1S/C33H42N4O3S2/c1-4-24-10-12-28-30(19-24)42-32(36-28)21-26(20-31(39)34-3)33(40)35-27(18-25-8-6-5-7-9-25)11-13-29(38)23(2)22-37-14-16-41-17-15-37/h5-10,12,19,26-27H,2,4,11,13-18,20-22H2,1,3H3,(H,34,39)(H,35,40)/t26-,27+/m0/s1. The Morgan fingerprint density at radius 3 is 2.52 bits per heavy atom. The zero-order valence-corrected chi connectivity index (χ0v) is 26.3. The monoisotopic (exact) mass is 606 g/mol. The highest BCUT2D eigenvalue weighted by atomic mass is 32.2. The predicted octanol–water partition coefficient (Wildman–Crippen LogP) is 4.84. The van der Waals surface area contributed by atoms with E-state index in [0.717, 1.165) is 51.8 Å². The third-order valence-corrected chi connectivity index (χ3v) is 9.69. The van der Waals surface area contributed by atoms with E-state index in [2.05, 4.69) is 41.2 Å². The summed E-state index contributed by atoms with van der Waals surface area (Å²) in [6.07, 6.45) is 2.81. The van der Waals surface area contributed by atoms with E-state index in [9.17, 15) is 14.4 Å². The van der Waals surface area contributed by atoms with E-state index in [4.69, 9.17) is 4.98 Å². The number of fused-ring (bicyclic) bond motifs is 1. The molecule has 42 heavy (non-hydrogen) atoms. The molecular formula is C33H42N4O3S2. The van der Waals surface area contributed by atoms with Crippen molar-refractivity contribution in [2.75, 3.05) is 38.2 Å². The van der Waals surface area contributed by atoms with Crippen molar-refractivity contribution in [1.29, 1.82) is 0 Å². The van der Waals surface area contributed by atoms with Crippen LogP contribution in [0.4, 0.5) is 0 Å². The van der Waals surface area contributed by atoms with E-state index in [1.165, 1.54) is 5.56 Å². The number of carbonyl (C=O) groups excluding carboxylic acids is 3.